The molecule has 3 fully saturated rings. The van der Waals surface area contributed by atoms with Gasteiger partial charge in [-0.25, -0.2) is 4.39 Å². The molecule has 0 spiro atoms. The van der Waals surface area contributed by atoms with Crippen molar-refractivity contribution in [3.05, 3.63) is 34.6 Å². The SMILES string of the molecule is C[C@@H]1N[C@H](c2c(F)cccc2Cl)[C@@H]2[C@@H]3CCC[C@@H]3S[C@@H]2N[C@H]1S. The molecular weight excluding hydrogens is 351 g/mol. The summed E-state index contributed by atoms with van der Waals surface area (Å²) in [6, 6.07) is 5.08. The van der Waals surface area contributed by atoms with Gasteiger partial charge in [-0.3, -0.25) is 5.32 Å². The Morgan fingerprint density at radius 2 is 2.13 bits per heavy atom. The van der Waals surface area contributed by atoms with Crippen LogP contribution in [-0.4, -0.2) is 22.0 Å². The maximum Gasteiger partial charge on any atom is 0.129 e. The van der Waals surface area contributed by atoms with Crippen molar-refractivity contribution in [3.8, 4) is 0 Å². The summed E-state index contributed by atoms with van der Waals surface area (Å²) in [6.07, 6.45) is 3.79. The van der Waals surface area contributed by atoms with Crippen LogP contribution in [0.4, 0.5) is 4.39 Å². The van der Waals surface area contributed by atoms with Crippen molar-refractivity contribution in [1.82, 2.24) is 10.6 Å². The molecule has 7 atom stereocenters. The molecule has 126 valence electrons. The minimum Gasteiger partial charge on any atom is -0.305 e. The Bertz CT molecular complexity index is 582. The highest BCUT2D eigenvalue weighted by atomic mass is 35.5. The fourth-order valence-electron chi connectivity index (χ4n) is 4.52. The second-order valence-corrected chi connectivity index (χ2v) is 9.30. The van der Waals surface area contributed by atoms with Crippen molar-refractivity contribution in [2.45, 2.75) is 54.3 Å². The van der Waals surface area contributed by atoms with Gasteiger partial charge in [-0.15, -0.1) is 11.8 Å². The largest absolute Gasteiger partial charge is 0.305 e. The first-order chi connectivity index (χ1) is 11.1. The van der Waals surface area contributed by atoms with Gasteiger partial charge in [-0.2, -0.15) is 12.6 Å². The van der Waals surface area contributed by atoms with E-state index in [0.29, 0.717) is 33.0 Å². The highest BCUT2D eigenvalue weighted by Gasteiger charge is 2.52. The van der Waals surface area contributed by atoms with E-state index in [1.54, 1.807) is 12.1 Å². The first kappa shape index (κ1) is 16.5. The number of hydrogen-bond acceptors (Lipinski definition) is 4. The van der Waals surface area contributed by atoms with Crippen molar-refractivity contribution in [3.63, 3.8) is 0 Å². The molecule has 1 aliphatic carbocycles. The predicted molar refractivity (Wildman–Crippen MR) is 98.7 cm³/mol. The zero-order valence-corrected chi connectivity index (χ0v) is 15.5. The monoisotopic (exact) mass is 372 g/mol. The Kier molecular flexibility index (Phi) is 4.61. The molecule has 23 heavy (non-hydrogen) atoms. The van der Waals surface area contributed by atoms with E-state index < -0.39 is 0 Å². The molecular formula is C17H22ClFN2S2. The minimum absolute atomic E-state index is 0.0596. The van der Waals surface area contributed by atoms with Gasteiger partial charge in [0.1, 0.15) is 5.82 Å². The van der Waals surface area contributed by atoms with Crippen molar-refractivity contribution in [1.29, 1.82) is 0 Å². The fourth-order valence-corrected chi connectivity index (χ4v) is 7.11. The number of hydrogen-bond donors (Lipinski definition) is 3. The van der Waals surface area contributed by atoms with Crippen molar-refractivity contribution in [2.24, 2.45) is 11.8 Å². The number of rotatable bonds is 1. The normalized spacial score (nSPS) is 43.0. The summed E-state index contributed by atoms with van der Waals surface area (Å²) in [6.45, 7) is 2.10. The lowest BCUT2D eigenvalue weighted by atomic mass is 9.81. The van der Waals surface area contributed by atoms with Crippen LogP contribution in [0.3, 0.4) is 0 Å². The van der Waals surface area contributed by atoms with Crippen LogP contribution in [0, 0.1) is 17.7 Å². The summed E-state index contributed by atoms with van der Waals surface area (Å²) in [5.74, 6) is 0.767. The van der Waals surface area contributed by atoms with Crippen molar-refractivity contribution < 1.29 is 4.39 Å². The molecule has 4 rings (SSSR count). The van der Waals surface area contributed by atoms with E-state index in [0.717, 1.165) is 0 Å². The van der Waals surface area contributed by atoms with Crippen LogP contribution < -0.4 is 10.6 Å². The van der Waals surface area contributed by atoms with Gasteiger partial charge in [0.05, 0.1) is 10.7 Å². The number of thioether (sulfide) groups is 1. The summed E-state index contributed by atoms with van der Waals surface area (Å²) >= 11 is 13.1. The summed E-state index contributed by atoms with van der Waals surface area (Å²) in [7, 11) is 0. The van der Waals surface area contributed by atoms with Crippen LogP contribution >= 0.6 is 36.0 Å². The Hall–Kier alpha value is 0.0600. The third-order valence-electron chi connectivity index (χ3n) is 5.62. The van der Waals surface area contributed by atoms with Crippen molar-refractivity contribution in [2.75, 3.05) is 0 Å². The average Bonchev–Trinajstić information content (AvgIpc) is 3.03. The first-order valence-electron chi connectivity index (χ1n) is 8.36. The first-order valence-corrected chi connectivity index (χ1v) is 10.2. The van der Waals surface area contributed by atoms with Gasteiger partial charge < -0.3 is 5.32 Å². The third kappa shape index (κ3) is 2.82. The van der Waals surface area contributed by atoms with Gasteiger partial charge in [0, 0.05) is 33.8 Å². The van der Waals surface area contributed by atoms with Crippen LogP contribution in [0.25, 0.3) is 0 Å². The smallest absolute Gasteiger partial charge is 0.129 e. The molecule has 0 bridgehead atoms. The van der Waals surface area contributed by atoms with Gasteiger partial charge in [0.2, 0.25) is 0 Å². The Labute approximate surface area is 151 Å². The molecule has 1 aromatic rings. The summed E-state index contributed by atoms with van der Waals surface area (Å²) in [4.78, 5) is 0. The topological polar surface area (TPSA) is 24.1 Å². The summed E-state index contributed by atoms with van der Waals surface area (Å²) < 4.78 is 14.6. The summed E-state index contributed by atoms with van der Waals surface area (Å²) in [5.41, 5.74) is 0.633. The van der Waals surface area contributed by atoms with E-state index >= 15 is 0 Å². The van der Waals surface area contributed by atoms with E-state index in [2.05, 4.69) is 17.6 Å². The molecule has 0 aromatic heterocycles. The molecule has 2 heterocycles. The molecule has 0 unspecified atom stereocenters. The molecule has 1 saturated carbocycles. The number of halogens is 2. The van der Waals surface area contributed by atoms with Gasteiger partial charge in [-0.1, -0.05) is 24.1 Å². The maximum absolute atomic E-state index is 14.6. The molecule has 2 saturated heterocycles. The molecule has 3 aliphatic rings. The van der Waals surface area contributed by atoms with Crippen LogP contribution in [0.5, 0.6) is 0 Å². The van der Waals surface area contributed by atoms with Crippen LogP contribution in [0.1, 0.15) is 37.8 Å². The van der Waals surface area contributed by atoms with E-state index in [1.807, 2.05) is 11.8 Å². The Morgan fingerprint density at radius 3 is 2.91 bits per heavy atom. The fraction of sp³-hybridized carbons (Fsp3) is 0.647. The summed E-state index contributed by atoms with van der Waals surface area (Å²) in [5, 5.41) is 8.87. The third-order valence-corrected chi connectivity index (χ3v) is 8.22. The zero-order valence-electron chi connectivity index (χ0n) is 13.0. The van der Waals surface area contributed by atoms with Gasteiger partial charge >= 0.3 is 0 Å². The Morgan fingerprint density at radius 1 is 1.30 bits per heavy atom. The molecule has 2 aliphatic heterocycles. The standard InChI is InChI=1S/C17H22ClFN2S2/c1-8-16(22)21-17-13(9-4-2-7-12(9)23-17)15(20-8)14-10(18)5-3-6-11(14)19/h3,5-6,8-9,12-13,15-17,20-22H,2,4,7H2,1H3/t8-,9+,12-,13-,15-,16-,17-/m0/s1. The lowest BCUT2D eigenvalue weighted by Gasteiger charge is -2.32. The lowest BCUT2D eigenvalue weighted by Crippen LogP contribution is -2.42. The number of nitrogens with one attached hydrogen (secondary N) is 2. The average molecular weight is 373 g/mol. The molecule has 0 amide bonds. The van der Waals surface area contributed by atoms with Gasteiger partial charge in [0.25, 0.3) is 0 Å². The van der Waals surface area contributed by atoms with E-state index in [1.165, 1.54) is 25.3 Å². The van der Waals surface area contributed by atoms with Gasteiger partial charge in [0.15, 0.2) is 0 Å². The molecule has 0 radical (unpaired) electrons. The van der Waals surface area contributed by atoms with E-state index in [9.17, 15) is 4.39 Å². The molecule has 2 nitrogen and oxygen atoms in total. The molecule has 6 heteroatoms. The van der Waals surface area contributed by atoms with Crippen LogP contribution in [0.2, 0.25) is 5.02 Å². The van der Waals surface area contributed by atoms with Crippen LogP contribution in [0.15, 0.2) is 18.2 Å². The highest BCUT2D eigenvalue weighted by molar-refractivity contribution is 8.00. The maximum atomic E-state index is 14.6. The van der Waals surface area contributed by atoms with Crippen molar-refractivity contribution >= 4 is 36.0 Å². The highest BCUT2D eigenvalue weighted by Crippen LogP contribution is 2.55. The number of benzene rings is 1. The predicted octanol–water partition coefficient (Wildman–Crippen LogP) is 4.22. The minimum atomic E-state index is -0.204. The van der Waals surface area contributed by atoms with Gasteiger partial charge in [-0.05, 0) is 37.8 Å². The van der Waals surface area contributed by atoms with E-state index in [4.69, 9.17) is 24.2 Å². The number of thiol groups is 1. The lowest BCUT2D eigenvalue weighted by molar-refractivity contribution is 0.263. The van der Waals surface area contributed by atoms with E-state index in [-0.39, 0.29) is 23.3 Å². The Balaban J connectivity index is 1.78. The quantitative estimate of drug-likeness (QED) is 0.643. The second-order valence-electron chi connectivity index (χ2n) is 6.95. The zero-order chi connectivity index (χ0) is 16.1. The molecule has 2 N–H and O–H groups in total. The van der Waals surface area contributed by atoms with Crippen LogP contribution in [-0.2, 0) is 0 Å². The second kappa shape index (κ2) is 6.41. The number of fused-ring (bicyclic) bond motifs is 3. The molecule has 1 aromatic carbocycles.